The molecule has 4 rings (SSSR count). The van der Waals surface area contributed by atoms with Crippen LogP contribution in [0.25, 0.3) is 11.4 Å². The molecule has 0 aliphatic rings. The van der Waals surface area contributed by atoms with Crippen molar-refractivity contribution < 1.29 is 9.21 Å². The number of rotatable bonds is 5. The fourth-order valence-corrected chi connectivity index (χ4v) is 2.81. The number of aromatic nitrogens is 3. The largest absolute Gasteiger partial charge is 0.467 e. The number of halogens is 1. The van der Waals surface area contributed by atoms with Gasteiger partial charge in [-0.1, -0.05) is 29.3 Å². The van der Waals surface area contributed by atoms with Gasteiger partial charge in [-0.25, -0.2) is 0 Å². The molecular formula is C21H17ClN4O2. The van der Waals surface area contributed by atoms with Crippen LogP contribution in [0.1, 0.15) is 21.7 Å². The number of hydrogen-bond acceptors (Lipinski definition) is 5. The van der Waals surface area contributed by atoms with E-state index in [1.807, 2.05) is 37.3 Å². The predicted molar refractivity (Wildman–Crippen MR) is 107 cm³/mol. The minimum atomic E-state index is -0.269. The fraction of sp³-hybridized carbons (Fsp3) is 0.0952. The lowest BCUT2D eigenvalue weighted by atomic mass is 10.1. The summed E-state index contributed by atoms with van der Waals surface area (Å²) in [5.74, 6) is 1.23. The molecule has 28 heavy (non-hydrogen) atoms. The smallest absolute Gasteiger partial charge is 0.281 e. The molecule has 140 valence electrons. The lowest BCUT2D eigenvalue weighted by Gasteiger charge is -2.06. The zero-order valence-corrected chi connectivity index (χ0v) is 15.8. The van der Waals surface area contributed by atoms with E-state index in [0.717, 1.165) is 16.9 Å². The third-order valence-electron chi connectivity index (χ3n) is 4.20. The summed E-state index contributed by atoms with van der Waals surface area (Å²) in [5, 5.41) is 8.18. The van der Waals surface area contributed by atoms with Crippen LogP contribution in [0.2, 0.25) is 5.02 Å². The Morgan fingerprint density at radius 1 is 1.11 bits per heavy atom. The molecule has 2 aromatic carbocycles. The fourth-order valence-electron chi connectivity index (χ4n) is 2.69. The standard InChI is InChI=1S/C21H17ClN4O2/c1-14-4-6-16(7-5-14)20(27)26-21(23-13-18-3-2-12-28-18)24-19(25-26)15-8-10-17(22)11-9-15/h2-12H,13H2,1H3,(H,23,24,25). The first-order chi connectivity index (χ1) is 13.6. The van der Waals surface area contributed by atoms with Crippen LogP contribution in [0, 0.1) is 6.92 Å². The zero-order valence-electron chi connectivity index (χ0n) is 15.1. The van der Waals surface area contributed by atoms with E-state index in [4.69, 9.17) is 16.0 Å². The van der Waals surface area contributed by atoms with Gasteiger partial charge in [0.15, 0.2) is 5.82 Å². The Balaban J connectivity index is 1.70. The van der Waals surface area contributed by atoms with Gasteiger partial charge in [-0.2, -0.15) is 9.67 Å². The second-order valence-corrected chi connectivity index (χ2v) is 6.72. The number of anilines is 1. The maximum absolute atomic E-state index is 13.0. The highest BCUT2D eigenvalue weighted by molar-refractivity contribution is 6.30. The summed E-state index contributed by atoms with van der Waals surface area (Å²) in [7, 11) is 0. The molecule has 0 amide bonds. The van der Waals surface area contributed by atoms with Gasteiger partial charge in [0.25, 0.3) is 5.91 Å². The first-order valence-electron chi connectivity index (χ1n) is 8.71. The monoisotopic (exact) mass is 392 g/mol. The van der Waals surface area contributed by atoms with E-state index in [2.05, 4.69) is 15.4 Å². The van der Waals surface area contributed by atoms with Crippen LogP contribution in [0.5, 0.6) is 0 Å². The van der Waals surface area contributed by atoms with Crippen molar-refractivity contribution in [1.29, 1.82) is 0 Å². The Hall–Kier alpha value is -3.38. The van der Waals surface area contributed by atoms with Gasteiger partial charge in [-0.05, 0) is 55.5 Å². The lowest BCUT2D eigenvalue weighted by molar-refractivity contribution is 0.0947. The molecule has 0 fully saturated rings. The highest BCUT2D eigenvalue weighted by atomic mass is 35.5. The average molecular weight is 393 g/mol. The van der Waals surface area contributed by atoms with Crippen molar-refractivity contribution in [2.24, 2.45) is 0 Å². The first-order valence-corrected chi connectivity index (χ1v) is 9.08. The van der Waals surface area contributed by atoms with Crippen molar-refractivity contribution in [2.45, 2.75) is 13.5 Å². The van der Waals surface area contributed by atoms with Crippen molar-refractivity contribution in [1.82, 2.24) is 14.8 Å². The molecule has 0 radical (unpaired) electrons. The Bertz CT molecular complexity index is 1080. The summed E-state index contributed by atoms with van der Waals surface area (Å²) in [6.45, 7) is 2.35. The average Bonchev–Trinajstić information content (AvgIpc) is 3.37. The zero-order chi connectivity index (χ0) is 19.5. The summed E-state index contributed by atoms with van der Waals surface area (Å²) < 4.78 is 6.61. The quantitative estimate of drug-likeness (QED) is 0.528. The molecule has 6 nitrogen and oxygen atoms in total. The Morgan fingerprint density at radius 2 is 1.86 bits per heavy atom. The summed E-state index contributed by atoms with van der Waals surface area (Å²) in [6.07, 6.45) is 1.60. The van der Waals surface area contributed by atoms with Gasteiger partial charge in [-0.15, -0.1) is 5.10 Å². The van der Waals surface area contributed by atoms with Gasteiger partial charge in [0, 0.05) is 16.1 Å². The predicted octanol–water partition coefficient (Wildman–Crippen LogP) is 4.80. The highest BCUT2D eigenvalue weighted by Crippen LogP contribution is 2.21. The summed E-state index contributed by atoms with van der Waals surface area (Å²) >= 11 is 5.96. The second kappa shape index (κ2) is 7.70. The first kappa shape index (κ1) is 18.0. The Kier molecular flexibility index (Phi) is 4.95. The van der Waals surface area contributed by atoms with Gasteiger partial charge in [-0.3, -0.25) is 4.79 Å². The minimum Gasteiger partial charge on any atom is -0.467 e. The molecule has 2 aromatic heterocycles. The van der Waals surface area contributed by atoms with Crippen molar-refractivity contribution in [3.05, 3.63) is 88.8 Å². The number of benzene rings is 2. The number of nitrogens with one attached hydrogen (secondary N) is 1. The maximum Gasteiger partial charge on any atom is 0.281 e. The van der Waals surface area contributed by atoms with Crippen LogP contribution >= 0.6 is 11.6 Å². The number of furan rings is 1. The molecule has 4 aromatic rings. The molecule has 0 bridgehead atoms. The number of hydrogen-bond donors (Lipinski definition) is 1. The molecule has 0 atom stereocenters. The van der Waals surface area contributed by atoms with Crippen molar-refractivity contribution in [2.75, 3.05) is 5.32 Å². The van der Waals surface area contributed by atoms with E-state index >= 15 is 0 Å². The topological polar surface area (TPSA) is 73.0 Å². The Morgan fingerprint density at radius 3 is 2.54 bits per heavy atom. The van der Waals surface area contributed by atoms with Gasteiger partial charge in [0.2, 0.25) is 5.95 Å². The molecule has 7 heteroatoms. The van der Waals surface area contributed by atoms with E-state index in [1.165, 1.54) is 4.68 Å². The van der Waals surface area contributed by atoms with Gasteiger partial charge in [0.05, 0.1) is 12.8 Å². The van der Waals surface area contributed by atoms with E-state index in [9.17, 15) is 4.79 Å². The number of aryl methyl sites for hydroxylation is 1. The molecule has 0 saturated carbocycles. The molecule has 0 aliphatic heterocycles. The number of carbonyl (C=O) groups excluding carboxylic acids is 1. The van der Waals surface area contributed by atoms with E-state index in [-0.39, 0.29) is 5.91 Å². The van der Waals surface area contributed by atoms with E-state index in [1.54, 1.807) is 36.6 Å². The van der Waals surface area contributed by atoms with Crippen molar-refractivity contribution >= 4 is 23.5 Å². The molecule has 2 heterocycles. The third-order valence-corrected chi connectivity index (χ3v) is 4.45. The molecule has 1 N–H and O–H groups in total. The minimum absolute atomic E-state index is 0.269. The molecule has 0 saturated heterocycles. The Labute approximate surface area is 166 Å². The van der Waals surface area contributed by atoms with Crippen LogP contribution in [0.4, 0.5) is 5.95 Å². The van der Waals surface area contributed by atoms with E-state index in [0.29, 0.717) is 28.9 Å². The van der Waals surface area contributed by atoms with Gasteiger partial charge >= 0.3 is 0 Å². The number of nitrogens with zero attached hydrogens (tertiary/aromatic N) is 3. The maximum atomic E-state index is 13.0. The number of carbonyl (C=O) groups is 1. The van der Waals surface area contributed by atoms with Crippen molar-refractivity contribution in [3.63, 3.8) is 0 Å². The summed E-state index contributed by atoms with van der Waals surface area (Å²) in [4.78, 5) is 17.5. The van der Waals surface area contributed by atoms with Crippen LogP contribution in [-0.4, -0.2) is 20.7 Å². The van der Waals surface area contributed by atoms with Crippen molar-refractivity contribution in [3.8, 4) is 11.4 Å². The molecule has 0 unspecified atom stereocenters. The van der Waals surface area contributed by atoms with Crippen LogP contribution in [0.3, 0.4) is 0 Å². The molecular weight excluding hydrogens is 376 g/mol. The van der Waals surface area contributed by atoms with Gasteiger partial charge < -0.3 is 9.73 Å². The summed E-state index contributed by atoms with van der Waals surface area (Å²) in [5.41, 5.74) is 2.37. The molecule has 0 aliphatic carbocycles. The second-order valence-electron chi connectivity index (χ2n) is 6.28. The lowest BCUT2D eigenvalue weighted by Crippen LogP contribution is -2.17. The van der Waals surface area contributed by atoms with Crippen LogP contribution < -0.4 is 5.32 Å². The third kappa shape index (κ3) is 3.82. The van der Waals surface area contributed by atoms with Gasteiger partial charge in [0.1, 0.15) is 5.76 Å². The molecule has 0 spiro atoms. The summed E-state index contributed by atoms with van der Waals surface area (Å²) in [6, 6.07) is 18.1. The SMILES string of the molecule is Cc1ccc(C(=O)n2nc(-c3ccc(Cl)cc3)nc2NCc2ccco2)cc1. The highest BCUT2D eigenvalue weighted by Gasteiger charge is 2.19. The van der Waals surface area contributed by atoms with Crippen LogP contribution in [0.15, 0.2) is 71.3 Å². The van der Waals surface area contributed by atoms with Crippen LogP contribution in [-0.2, 0) is 6.54 Å². The van der Waals surface area contributed by atoms with E-state index < -0.39 is 0 Å². The normalized spacial score (nSPS) is 10.8.